The van der Waals surface area contributed by atoms with Gasteiger partial charge < -0.3 is 19.7 Å². The molecule has 0 saturated carbocycles. The van der Waals surface area contributed by atoms with Crippen molar-refractivity contribution in [2.75, 3.05) is 32.7 Å². The van der Waals surface area contributed by atoms with E-state index in [1.165, 1.54) is 0 Å². The molecule has 3 rings (SSSR count). The van der Waals surface area contributed by atoms with Crippen molar-refractivity contribution in [3.8, 4) is 0 Å². The predicted molar refractivity (Wildman–Crippen MR) is 71.9 cm³/mol. The summed E-state index contributed by atoms with van der Waals surface area (Å²) in [6.07, 6.45) is 3.63. The lowest BCUT2D eigenvalue weighted by molar-refractivity contribution is -0.159. The number of imidazole rings is 1. The van der Waals surface area contributed by atoms with Gasteiger partial charge in [-0.3, -0.25) is 9.59 Å². The van der Waals surface area contributed by atoms with Crippen molar-refractivity contribution in [3.63, 3.8) is 0 Å². The van der Waals surface area contributed by atoms with E-state index >= 15 is 0 Å². The molecular weight excluding hydrogens is 258 g/mol. The van der Waals surface area contributed by atoms with Crippen LogP contribution in [0.3, 0.4) is 0 Å². The molecule has 2 saturated heterocycles. The van der Waals surface area contributed by atoms with E-state index in [9.17, 15) is 9.59 Å². The van der Waals surface area contributed by atoms with Crippen LogP contribution in [0.15, 0.2) is 12.4 Å². The minimum absolute atomic E-state index is 0.109. The van der Waals surface area contributed by atoms with Crippen molar-refractivity contribution in [1.29, 1.82) is 0 Å². The number of aromatic nitrogens is 2. The summed E-state index contributed by atoms with van der Waals surface area (Å²) >= 11 is 0. The van der Waals surface area contributed by atoms with Crippen LogP contribution in [0.5, 0.6) is 0 Å². The Hall–Kier alpha value is -1.89. The second-order valence-electron chi connectivity index (χ2n) is 5.28. The quantitative estimate of drug-likeness (QED) is 0.707. The minimum Gasteiger partial charge on any atom is -0.333 e. The number of hydrogen-bond acceptors (Lipinski definition) is 4. The standard InChI is InChI=1S/C13H19N5O2/c1-10-15-3-4-16(10)6-7-17-9-11-8-14-2-5-18(11)13(20)12(17)19/h3-4,11,14H,2,5-9H2,1H3. The van der Waals surface area contributed by atoms with Gasteiger partial charge in [0.2, 0.25) is 0 Å². The molecule has 2 fully saturated rings. The van der Waals surface area contributed by atoms with Gasteiger partial charge in [-0.25, -0.2) is 4.98 Å². The summed E-state index contributed by atoms with van der Waals surface area (Å²) in [5.41, 5.74) is 0. The third-order valence-electron chi connectivity index (χ3n) is 4.05. The van der Waals surface area contributed by atoms with Crippen LogP contribution in [0.4, 0.5) is 0 Å². The summed E-state index contributed by atoms with van der Waals surface area (Å²) in [7, 11) is 0. The molecule has 3 heterocycles. The lowest BCUT2D eigenvalue weighted by atomic mass is 10.1. The minimum atomic E-state index is -0.374. The van der Waals surface area contributed by atoms with Crippen molar-refractivity contribution in [2.24, 2.45) is 0 Å². The number of carbonyl (C=O) groups excluding carboxylic acids is 2. The van der Waals surface area contributed by atoms with Gasteiger partial charge >= 0.3 is 11.8 Å². The van der Waals surface area contributed by atoms with Gasteiger partial charge in [0.25, 0.3) is 0 Å². The Balaban J connectivity index is 1.66. The van der Waals surface area contributed by atoms with Gasteiger partial charge in [-0.1, -0.05) is 0 Å². The van der Waals surface area contributed by atoms with E-state index in [0.29, 0.717) is 26.2 Å². The van der Waals surface area contributed by atoms with Crippen molar-refractivity contribution in [1.82, 2.24) is 24.7 Å². The van der Waals surface area contributed by atoms with Gasteiger partial charge in [-0.2, -0.15) is 0 Å². The smallest absolute Gasteiger partial charge is 0.312 e. The average molecular weight is 277 g/mol. The summed E-state index contributed by atoms with van der Waals surface area (Å²) < 4.78 is 1.99. The fourth-order valence-corrected chi connectivity index (χ4v) is 2.85. The van der Waals surface area contributed by atoms with E-state index in [0.717, 1.165) is 18.9 Å². The van der Waals surface area contributed by atoms with Crippen LogP contribution in [0, 0.1) is 6.92 Å². The van der Waals surface area contributed by atoms with Crippen LogP contribution >= 0.6 is 0 Å². The molecule has 7 nitrogen and oxygen atoms in total. The molecule has 0 radical (unpaired) electrons. The zero-order valence-electron chi connectivity index (χ0n) is 11.6. The number of nitrogens with zero attached hydrogens (tertiary/aromatic N) is 4. The number of amides is 2. The van der Waals surface area contributed by atoms with Crippen LogP contribution in [0.1, 0.15) is 5.82 Å². The second kappa shape index (κ2) is 5.24. The molecule has 1 aromatic rings. The highest BCUT2D eigenvalue weighted by atomic mass is 16.2. The van der Waals surface area contributed by atoms with Crippen LogP contribution in [0.25, 0.3) is 0 Å². The van der Waals surface area contributed by atoms with Crippen molar-refractivity contribution >= 4 is 11.8 Å². The molecule has 0 aromatic carbocycles. The van der Waals surface area contributed by atoms with E-state index in [1.807, 2.05) is 17.7 Å². The number of aryl methyl sites for hydroxylation is 1. The van der Waals surface area contributed by atoms with Gasteiger partial charge in [0, 0.05) is 51.7 Å². The number of rotatable bonds is 3. The molecule has 20 heavy (non-hydrogen) atoms. The molecule has 2 aliphatic heterocycles. The molecular formula is C13H19N5O2. The molecule has 1 unspecified atom stereocenters. The molecule has 1 aromatic heterocycles. The number of piperazine rings is 2. The highest BCUT2D eigenvalue weighted by Crippen LogP contribution is 2.14. The zero-order valence-corrected chi connectivity index (χ0v) is 11.6. The van der Waals surface area contributed by atoms with Gasteiger partial charge in [0.05, 0.1) is 6.04 Å². The Labute approximate surface area is 117 Å². The summed E-state index contributed by atoms with van der Waals surface area (Å²) in [6, 6.07) is 0.109. The Bertz CT molecular complexity index is 527. The molecule has 7 heteroatoms. The highest BCUT2D eigenvalue weighted by molar-refractivity contribution is 6.35. The van der Waals surface area contributed by atoms with Crippen molar-refractivity contribution < 1.29 is 9.59 Å². The molecule has 108 valence electrons. The molecule has 1 atom stereocenters. The van der Waals surface area contributed by atoms with E-state index in [1.54, 1.807) is 16.0 Å². The Kier molecular flexibility index (Phi) is 3.43. The second-order valence-corrected chi connectivity index (χ2v) is 5.28. The molecule has 0 bridgehead atoms. The van der Waals surface area contributed by atoms with Gasteiger partial charge in [0.1, 0.15) is 5.82 Å². The summed E-state index contributed by atoms with van der Waals surface area (Å²) in [5.74, 6) is 0.188. The van der Waals surface area contributed by atoms with Crippen molar-refractivity contribution in [3.05, 3.63) is 18.2 Å². The van der Waals surface area contributed by atoms with Crippen LogP contribution in [-0.2, 0) is 16.1 Å². The summed E-state index contributed by atoms with van der Waals surface area (Å²) in [5, 5.41) is 3.27. The third-order valence-corrected chi connectivity index (χ3v) is 4.05. The highest BCUT2D eigenvalue weighted by Gasteiger charge is 2.39. The van der Waals surface area contributed by atoms with E-state index in [2.05, 4.69) is 10.3 Å². The fourth-order valence-electron chi connectivity index (χ4n) is 2.85. The number of carbonyl (C=O) groups is 2. The Morgan fingerprint density at radius 2 is 2.20 bits per heavy atom. The van der Waals surface area contributed by atoms with Gasteiger partial charge in [0.15, 0.2) is 0 Å². The normalized spacial score (nSPS) is 23.1. The molecule has 0 spiro atoms. The molecule has 2 aliphatic rings. The first kappa shape index (κ1) is 13.1. The lowest BCUT2D eigenvalue weighted by Crippen LogP contribution is -2.65. The maximum Gasteiger partial charge on any atom is 0.312 e. The van der Waals surface area contributed by atoms with Crippen LogP contribution < -0.4 is 5.32 Å². The summed E-state index contributed by atoms with van der Waals surface area (Å²) in [4.78, 5) is 31.7. The topological polar surface area (TPSA) is 70.5 Å². The van der Waals surface area contributed by atoms with Crippen LogP contribution in [-0.4, -0.2) is 69.9 Å². The first-order valence-electron chi connectivity index (χ1n) is 6.95. The number of fused-ring (bicyclic) bond motifs is 1. The first-order valence-corrected chi connectivity index (χ1v) is 6.95. The average Bonchev–Trinajstić information content (AvgIpc) is 2.87. The lowest BCUT2D eigenvalue weighted by Gasteiger charge is -2.43. The van der Waals surface area contributed by atoms with E-state index in [4.69, 9.17) is 0 Å². The van der Waals surface area contributed by atoms with E-state index < -0.39 is 0 Å². The third kappa shape index (κ3) is 2.29. The van der Waals surface area contributed by atoms with Crippen LogP contribution in [0.2, 0.25) is 0 Å². The summed E-state index contributed by atoms with van der Waals surface area (Å²) in [6.45, 7) is 5.92. The molecule has 2 amide bonds. The largest absolute Gasteiger partial charge is 0.333 e. The zero-order chi connectivity index (χ0) is 14.1. The maximum absolute atomic E-state index is 12.1. The number of nitrogens with one attached hydrogen (secondary N) is 1. The Morgan fingerprint density at radius 1 is 1.35 bits per heavy atom. The van der Waals surface area contributed by atoms with E-state index in [-0.39, 0.29) is 17.9 Å². The van der Waals surface area contributed by atoms with Crippen molar-refractivity contribution in [2.45, 2.75) is 19.5 Å². The maximum atomic E-state index is 12.1. The predicted octanol–water partition coefficient (Wildman–Crippen LogP) is -1.17. The fraction of sp³-hybridized carbons (Fsp3) is 0.615. The van der Waals surface area contributed by atoms with Gasteiger partial charge in [-0.15, -0.1) is 0 Å². The molecule has 1 N–H and O–H groups in total. The monoisotopic (exact) mass is 277 g/mol. The number of hydrogen-bond donors (Lipinski definition) is 1. The SMILES string of the molecule is Cc1nccn1CCN1CC2CNCCN2C(=O)C1=O. The molecule has 0 aliphatic carbocycles. The van der Waals surface area contributed by atoms with Gasteiger partial charge in [-0.05, 0) is 6.92 Å². The first-order chi connectivity index (χ1) is 9.66. The Morgan fingerprint density at radius 3 is 2.95 bits per heavy atom.